The molecule has 40 heavy (non-hydrogen) atoms. The third-order valence-corrected chi connectivity index (χ3v) is 9.33. The lowest BCUT2D eigenvalue weighted by Gasteiger charge is -2.30. The van der Waals surface area contributed by atoms with Crippen LogP contribution in [0.5, 0.6) is 0 Å². The number of fused-ring (bicyclic) bond motifs is 1. The van der Waals surface area contributed by atoms with Crippen molar-refractivity contribution in [2.24, 2.45) is 0 Å². The van der Waals surface area contributed by atoms with Crippen molar-refractivity contribution in [1.82, 2.24) is 8.96 Å². The molecule has 0 aliphatic carbocycles. The minimum absolute atomic E-state index is 0.0712. The summed E-state index contributed by atoms with van der Waals surface area (Å²) in [6.45, 7) is 1.82. The summed E-state index contributed by atoms with van der Waals surface area (Å²) in [7, 11) is -4.02. The normalized spacial score (nSPS) is 16.8. The summed E-state index contributed by atoms with van der Waals surface area (Å²) in [6, 6.07) is 12.5. The molecule has 0 spiro atoms. The molecule has 2 aromatic carbocycles. The number of hydrogen-bond acceptors (Lipinski definition) is 8. The summed E-state index contributed by atoms with van der Waals surface area (Å²) in [5, 5.41) is 19.4. The fourth-order valence-electron chi connectivity index (χ4n) is 4.92. The molecule has 2 aromatic heterocycles. The zero-order valence-corrected chi connectivity index (χ0v) is 23.8. The van der Waals surface area contributed by atoms with E-state index in [2.05, 4.69) is 4.98 Å². The Morgan fingerprint density at radius 3 is 2.70 bits per heavy atom. The molecule has 1 fully saturated rings. The van der Waals surface area contributed by atoms with Crippen molar-refractivity contribution >= 4 is 37.7 Å². The third-order valence-electron chi connectivity index (χ3n) is 7.01. The summed E-state index contributed by atoms with van der Waals surface area (Å²) in [4.78, 5) is 4.34. The van der Waals surface area contributed by atoms with Gasteiger partial charge in [0.05, 0.1) is 22.7 Å². The van der Waals surface area contributed by atoms with Crippen molar-refractivity contribution in [3.8, 4) is 0 Å². The van der Waals surface area contributed by atoms with Crippen molar-refractivity contribution in [3.63, 3.8) is 0 Å². The molecule has 4 aromatic rings. The lowest BCUT2D eigenvalue weighted by molar-refractivity contribution is -0.182. The molecular weight excluding hydrogens is 553 g/mol. The van der Waals surface area contributed by atoms with E-state index in [9.17, 15) is 13.5 Å². The maximum Gasteiger partial charge on any atom is 0.268 e. The highest BCUT2D eigenvalue weighted by molar-refractivity contribution is 8.13. The molecule has 0 bridgehead atoms. The summed E-state index contributed by atoms with van der Waals surface area (Å²) in [5.41, 5.74) is 2.27. The fraction of sp³-hybridized carbons (Fsp3) is 0.310. The first-order chi connectivity index (χ1) is 19.2. The minimum atomic E-state index is -4.02. The number of nitrogens with zero attached hydrogens (tertiary/aromatic N) is 2. The monoisotopic (exact) mass is 583 g/mol. The zero-order valence-electron chi connectivity index (χ0n) is 22.1. The number of benzene rings is 2. The Kier molecular flexibility index (Phi) is 8.39. The van der Waals surface area contributed by atoms with E-state index in [4.69, 9.17) is 14.9 Å². The number of ether oxygens (including phenoxy) is 2. The van der Waals surface area contributed by atoms with Crippen LogP contribution in [0, 0.1) is 18.2 Å². The summed E-state index contributed by atoms with van der Waals surface area (Å²) in [5.74, 6) is -0.727. The van der Waals surface area contributed by atoms with Gasteiger partial charge in [-0.1, -0.05) is 17.7 Å². The van der Waals surface area contributed by atoms with Crippen LogP contribution in [0.25, 0.3) is 10.9 Å². The number of nitrogens with one attached hydrogen (secondary N) is 1. The van der Waals surface area contributed by atoms with E-state index in [1.165, 1.54) is 42.4 Å². The van der Waals surface area contributed by atoms with Gasteiger partial charge in [-0.3, -0.25) is 10.4 Å². The van der Waals surface area contributed by atoms with E-state index in [0.29, 0.717) is 29.7 Å². The van der Waals surface area contributed by atoms with Gasteiger partial charge in [-0.05, 0) is 80.0 Å². The summed E-state index contributed by atoms with van der Waals surface area (Å²) < 4.78 is 56.3. The number of pyridine rings is 1. The lowest BCUT2D eigenvalue weighted by atomic mass is 9.93. The number of aliphatic hydroxyl groups excluding tert-OH is 1. The SMILES string of the molecule is CSC(=N)c1cc(C(OC2CCCCO2)c2c(F)cc3c(ccn3S(=O)(=O)c3ccc(C)cc3)c2CO)ccn1. The largest absolute Gasteiger partial charge is 0.392 e. The second kappa shape index (κ2) is 11.8. The first-order valence-electron chi connectivity index (χ1n) is 12.9. The second-order valence-corrected chi connectivity index (χ2v) is 12.2. The van der Waals surface area contributed by atoms with Gasteiger partial charge in [0.2, 0.25) is 0 Å². The molecule has 8 nitrogen and oxygen atoms in total. The Bertz CT molecular complexity index is 1650. The quantitative estimate of drug-likeness (QED) is 0.207. The summed E-state index contributed by atoms with van der Waals surface area (Å²) in [6.07, 6.45) is 5.50. The van der Waals surface area contributed by atoms with E-state index >= 15 is 4.39 Å². The fourth-order valence-corrected chi connectivity index (χ4v) is 6.58. The van der Waals surface area contributed by atoms with Gasteiger partial charge in [-0.2, -0.15) is 0 Å². The Hall–Kier alpha value is -3.09. The molecule has 2 unspecified atom stereocenters. The van der Waals surface area contributed by atoms with Crippen LogP contribution in [-0.4, -0.2) is 46.7 Å². The molecule has 1 aliphatic heterocycles. The maximum atomic E-state index is 16.2. The third kappa shape index (κ3) is 5.44. The smallest absolute Gasteiger partial charge is 0.268 e. The Labute approximate surface area is 236 Å². The van der Waals surface area contributed by atoms with Gasteiger partial charge in [0.1, 0.15) is 17.0 Å². The molecule has 3 heterocycles. The number of hydrogen-bond donors (Lipinski definition) is 2. The number of halogens is 1. The standard InChI is InChI=1S/C29H30FN3O5S2/c1-18-6-8-20(9-7-18)40(35,36)33-13-11-21-22(17-34)27(23(30)16-25(21)33)28(38-26-5-3-4-14-37-26)19-10-12-32-24(15-19)29(31)39-2/h6-13,15-16,26,28,31,34H,3-5,14,17H2,1-2H3. The average Bonchev–Trinajstić information content (AvgIpc) is 3.40. The second-order valence-electron chi connectivity index (χ2n) is 9.59. The molecule has 5 rings (SSSR count). The number of aliphatic hydroxyl groups is 1. The van der Waals surface area contributed by atoms with Crippen LogP contribution in [0.1, 0.15) is 53.3 Å². The van der Waals surface area contributed by atoms with Gasteiger partial charge in [0, 0.05) is 30.0 Å². The van der Waals surface area contributed by atoms with Crippen molar-refractivity contribution < 1.29 is 27.4 Å². The van der Waals surface area contributed by atoms with Gasteiger partial charge < -0.3 is 14.6 Å². The molecular formula is C29H30FN3O5S2. The van der Waals surface area contributed by atoms with Crippen molar-refractivity contribution in [3.05, 3.63) is 94.7 Å². The predicted octanol–water partition coefficient (Wildman–Crippen LogP) is 5.53. The Morgan fingerprint density at radius 2 is 2.02 bits per heavy atom. The van der Waals surface area contributed by atoms with E-state index in [-0.39, 0.29) is 26.6 Å². The van der Waals surface area contributed by atoms with Crippen LogP contribution in [0.3, 0.4) is 0 Å². The van der Waals surface area contributed by atoms with Crippen molar-refractivity contribution in [1.29, 1.82) is 5.41 Å². The van der Waals surface area contributed by atoms with Crippen LogP contribution >= 0.6 is 11.8 Å². The van der Waals surface area contributed by atoms with E-state index in [1.807, 2.05) is 6.92 Å². The molecule has 2 N–H and O–H groups in total. The highest BCUT2D eigenvalue weighted by Gasteiger charge is 2.30. The van der Waals surface area contributed by atoms with Crippen LogP contribution in [0.15, 0.2) is 65.8 Å². The van der Waals surface area contributed by atoms with E-state index in [0.717, 1.165) is 22.4 Å². The van der Waals surface area contributed by atoms with E-state index in [1.54, 1.807) is 36.6 Å². The Balaban J connectivity index is 1.67. The molecule has 1 aliphatic rings. The molecule has 0 radical (unpaired) electrons. The number of rotatable bonds is 8. The first kappa shape index (κ1) is 28.4. The van der Waals surface area contributed by atoms with Gasteiger partial charge >= 0.3 is 0 Å². The molecule has 210 valence electrons. The minimum Gasteiger partial charge on any atom is -0.392 e. The first-order valence-corrected chi connectivity index (χ1v) is 15.5. The van der Waals surface area contributed by atoms with Crippen LogP contribution in [0.4, 0.5) is 4.39 Å². The van der Waals surface area contributed by atoms with Gasteiger partial charge in [0.25, 0.3) is 10.0 Å². The molecule has 0 amide bonds. The number of aryl methyl sites for hydroxylation is 1. The summed E-state index contributed by atoms with van der Waals surface area (Å²) >= 11 is 1.23. The zero-order chi connectivity index (χ0) is 28.4. The molecule has 1 saturated heterocycles. The highest BCUT2D eigenvalue weighted by Crippen LogP contribution is 2.38. The van der Waals surface area contributed by atoms with E-state index < -0.39 is 34.8 Å². The van der Waals surface area contributed by atoms with Gasteiger partial charge in [-0.15, -0.1) is 11.8 Å². The van der Waals surface area contributed by atoms with Crippen LogP contribution in [0.2, 0.25) is 0 Å². The van der Waals surface area contributed by atoms with Gasteiger partial charge in [0.15, 0.2) is 6.29 Å². The molecule has 0 saturated carbocycles. The Morgan fingerprint density at radius 1 is 1.25 bits per heavy atom. The highest BCUT2D eigenvalue weighted by atomic mass is 32.2. The van der Waals surface area contributed by atoms with Crippen molar-refractivity contribution in [2.45, 2.75) is 50.1 Å². The van der Waals surface area contributed by atoms with Crippen molar-refractivity contribution in [2.75, 3.05) is 12.9 Å². The average molecular weight is 584 g/mol. The number of aromatic nitrogens is 2. The maximum absolute atomic E-state index is 16.2. The predicted molar refractivity (Wildman–Crippen MR) is 153 cm³/mol. The van der Waals surface area contributed by atoms with Crippen LogP contribution in [-0.2, 0) is 26.1 Å². The van der Waals surface area contributed by atoms with Gasteiger partial charge in [-0.25, -0.2) is 16.8 Å². The lowest BCUT2D eigenvalue weighted by Crippen LogP contribution is -2.26. The molecule has 11 heteroatoms. The molecule has 2 atom stereocenters. The topological polar surface area (TPSA) is 114 Å². The number of thioether (sulfide) groups is 1. The van der Waals surface area contributed by atoms with Crippen LogP contribution < -0.4 is 0 Å².